The summed E-state index contributed by atoms with van der Waals surface area (Å²) in [6.45, 7) is 2.38. The summed E-state index contributed by atoms with van der Waals surface area (Å²) in [5.41, 5.74) is 5.24. The van der Waals surface area contributed by atoms with Crippen molar-refractivity contribution in [3.8, 4) is 0 Å². The molecule has 1 saturated heterocycles. The Hall–Kier alpha value is -1.18. The Labute approximate surface area is 112 Å². The summed E-state index contributed by atoms with van der Waals surface area (Å²) in [6.07, 6.45) is 1.61. The molecule has 5 nitrogen and oxygen atoms in total. The van der Waals surface area contributed by atoms with E-state index in [2.05, 4.69) is 4.72 Å². The van der Waals surface area contributed by atoms with Gasteiger partial charge in [0.15, 0.2) is 0 Å². The molecule has 0 amide bonds. The van der Waals surface area contributed by atoms with Gasteiger partial charge < -0.3 is 10.5 Å². The molecule has 1 aliphatic rings. The zero-order valence-electron chi connectivity index (χ0n) is 10.6. The summed E-state index contributed by atoms with van der Waals surface area (Å²) in [6, 6.07) is 3.08. The molecular formula is C12H17FN2O3S. The second-order valence-corrected chi connectivity index (χ2v) is 6.36. The Morgan fingerprint density at radius 3 is 2.84 bits per heavy atom. The van der Waals surface area contributed by atoms with Crippen molar-refractivity contribution in [1.82, 2.24) is 4.72 Å². The largest absolute Gasteiger partial charge is 0.396 e. The van der Waals surface area contributed by atoms with Gasteiger partial charge in [0.05, 0.1) is 16.7 Å². The summed E-state index contributed by atoms with van der Waals surface area (Å²) in [4.78, 5) is -0.135. The van der Waals surface area contributed by atoms with Crippen molar-refractivity contribution in [2.75, 3.05) is 12.3 Å². The molecule has 0 spiro atoms. The number of hydrogen-bond donors (Lipinski definition) is 2. The third kappa shape index (κ3) is 3.23. The molecule has 1 fully saturated rings. The van der Waals surface area contributed by atoms with Crippen molar-refractivity contribution in [1.29, 1.82) is 0 Å². The van der Waals surface area contributed by atoms with E-state index in [0.29, 0.717) is 6.61 Å². The van der Waals surface area contributed by atoms with E-state index in [9.17, 15) is 12.8 Å². The Bertz CT molecular complexity index is 556. The lowest BCUT2D eigenvalue weighted by molar-refractivity contribution is 0.0902. The molecule has 19 heavy (non-hydrogen) atoms. The van der Waals surface area contributed by atoms with Crippen molar-refractivity contribution in [2.45, 2.75) is 36.8 Å². The van der Waals surface area contributed by atoms with Crippen LogP contribution < -0.4 is 10.5 Å². The van der Waals surface area contributed by atoms with E-state index >= 15 is 0 Å². The van der Waals surface area contributed by atoms with E-state index in [1.54, 1.807) is 6.92 Å². The Morgan fingerprint density at radius 2 is 2.26 bits per heavy atom. The van der Waals surface area contributed by atoms with Gasteiger partial charge in [-0.1, -0.05) is 0 Å². The highest BCUT2D eigenvalue weighted by Crippen LogP contribution is 2.19. The van der Waals surface area contributed by atoms with Crippen LogP contribution in [-0.2, 0) is 14.8 Å². The van der Waals surface area contributed by atoms with Gasteiger partial charge in [-0.05, 0) is 38.0 Å². The standard InChI is InChI=1S/C12H17FN2O3S/c1-8(12-3-2-6-18-12)15-19(16,17)9-4-5-11(14)10(13)7-9/h4-5,7-8,12,15H,2-3,6,14H2,1H3. The second kappa shape index (κ2) is 5.44. The zero-order valence-corrected chi connectivity index (χ0v) is 11.4. The molecule has 7 heteroatoms. The first-order valence-corrected chi connectivity index (χ1v) is 7.57. The van der Waals surface area contributed by atoms with Crippen LogP contribution in [0.25, 0.3) is 0 Å². The molecule has 1 heterocycles. The molecule has 0 aromatic heterocycles. The summed E-state index contributed by atoms with van der Waals surface area (Å²) < 4.78 is 45.4. The van der Waals surface area contributed by atoms with Crippen LogP contribution in [0.1, 0.15) is 19.8 Å². The topological polar surface area (TPSA) is 81.4 Å². The third-order valence-electron chi connectivity index (χ3n) is 3.15. The highest BCUT2D eigenvalue weighted by molar-refractivity contribution is 7.89. The smallest absolute Gasteiger partial charge is 0.241 e. The highest BCUT2D eigenvalue weighted by Gasteiger charge is 2.27. The zero-order chi connectivity index (χ0) is 14.0. The number of benzene rings is 1. The van der Waals surface area contributed by atoms with Gasteiger partial charge in [0, 0.05) is 12.6 Å². The van der Waals surface area contributed by atoms with Gasteiger partial charge in [-0.25, -0.2) is 17.5 Å². The second-order valence-electron chi connectivity index (χ2n) is 4.64. The minimum Gasteiger partial charge on any atom is -0.396 e. The predicted molar refractivity (Wildman–Crippen MR) is 69.6 cm³/mol. The number of anilines is 1. The summed E-state index contributed by atoms with van der Waals surface area (Å²) in [7, 11) is -3.76. The number of halogens is 1. The summed E-state index contributed by atoms with van der Waals surface area (Å²) in [5, 5.41) is 0. The maximum absolute atomic E-state index is 13.3. The molecule has 106 valence electrons. The predicted octanol–water partition coefficient (Wildman–Crippen LogP) is 1.25. The molecular weight excluding hydrogens is 271 g/mol. The van der Waals surface area contributed by atoms with E-state index in [1.165, 1.54) is 12.1 Å². The molecule has 0 radical (unpaired) electrons. The van der Waals surface area contributed by atoms with Crippen molar-refractivity contribution >= 4 is 15.7 Å². The molecule has 1 aliphatic heterocycles. The molecule has 2 unspecified atom stereocenters. The average Bonchev–Trinajstić information content (AvgIpc) is 2.85. The molecule has 1 aromatic carbocycles. The van der Waals surface area contributed by atoms with E-state index < -0.39 is 15.8 Å². The Balaban J connectivity index is 2.15. The fraction of sp³-hybridized carbons (Fsp3) is 0.500. The lowest BCUT2D eigenvalue weighted by Crippen LogP contribution is -2.40. The highest BCUT2D eigenvalue weighted by atomic mass is 32.2. The van der Waals surface area contributed by atoms with Crippen LogP contribution in [0.3, 0.4) is 0 Å². The van der Waals surface area contributed by atoms with Crippen molar-refractivity contribution < 1.29 is 17.5 Å². The quantitative estimate of drug-likeness (QED) is 0.817. The van der Waals surface area contributed by atoms with E-state index in [1.807, 2.05) is 0 Å². The fourth-order valence-electron chi connectivity index (χ4n) is 2.06. The van der Waals surface area contributed by atoms with Crippen LogP contribution in [0.5, 0.6) is 0 Å². The normalized spacial score (nSPS) is 21.5. The maximum Gasteiger partial charge on any atom is 0.241 e. The van der Waals surface area contributed by atoms with Crippen LogP contribution in [0.2, 0.25) is 0 Å². The number of sulfonamides is 1. The Kier molecular flexibility index (Phi) is 4.07. The minimum atomic E-state index is -3.76. The third-order valence-corrected chi connectivity index (χ3v) is 4.70. The summed E-state index contributed by atoms with van der Waals surface area (Å²) >= 11 is 0. The van der Waals surface area contributed by atoms with Gasteiger partial charge in [-0.3, -0.25) is 0 Å². The number of rotatable bonds is 4. The molecule has 0 saturated carbocycles. The van der Waals surface area contributed by atoms with E-state index in [0.717, 1.165) is 18.9 Å². The molecule has 1 aromatic rings. The van der Waals surface area contributed by atoms with Gasteiger partial charge >= 0.3 is 0 Å². The van der Waals surface area contributed by atoms with Gasteiger partial charge in [-0.15, -0.1) is 0 Å². The number of nitrogens with two attached hydrogens (primary N) is 1. The molecule has 2 atom stereocenters. The number of nitrogens with one attached hydrogen (secondary N) is 1. The van der Waals surface area contributed by atoms with Crippen molar-refractivity contribution in [3.63, 3.8) is 0 Å². The first kappa shape index (κ1) is 14.2. The van der Waals surface area contributed by atoms with Crippen LogP contribution >= 0.6 is 0 Å². The van der Waals surface area contributed by atoms with Crippen molar-refractivity contribution in [3.05, 3.63) is 24.0 Å². The van der Waals surface area contributed by atoms with Gasteiger partial charge in [0.2, 0.25) is 10.0 Å². The first-order chi connectivity index (χ1) is 8.90. The van der Waals surface area contributed by atoms with E-state index in [-0.39, 0.29) is 22.7 Å². The summed E-state index contributed by atoms with van der Waals surface area (Å²) in [5.74, 6) is -0.743. The monoisotopic (exact) mass is 288 g/mol. The van der Waals surface area contributed by atoms with Gasteiger partial charge in [-0.2, -0.15) is 0 Å². The SMILES string of the molecule is CC(NS(=O)(=O)c1ccc(N)c(F)c1)C1CCCO1. The number of nitrogen functional groups attached to an aromatic ring is 1. The van der Waals surface area contributed by atoms with Crippen LogP contribution in [0.4, 0.5) is 10.1 Å². The first-order valence-electron chi connectivity index (χ1n) is 6.09. The average molecular weight is 288 g/mol. The molecule has 3 N–H and O–H groups in total. The van der Waals surface area contributed by atoms with Gasteiger partial charge in [0.1, 0.15) is 5.82 Å². The number of hydrogen-bond acceptors (Lipinski definition) is 4. The number of ether oxygens (including phenoxy) is 1. The van der Waals surface area contributed by atoms with Crippen molar-refractivity contribution in [2.24, 2.45) is 0 Å². The molecule has 2 rings (SSSR count). The van der Waals surface area contributed by atoms with Crippen LogP contribution in [-0.4, -0.2) is 27.2 Å². The van der Waals surface area contributed by atoms with Crippen LogP contribution in [0.15, 0.2) is 23.1 Å². The fourth-order valence-corrected chi connectivity index (χ4v) is 3.34. The maximum atomic E-state index is 13.3. The minimum absolute atomic E-state index is 0.0777. The van der Waals surface area contributed by atoms with E-state index in [4.69, 9.17) is 10.5 Å². The lowest BCUT2D eigenvalue weighted by atomic mass is 10.1. The molecule has 0 aliphatic carbocycles. The Morgan fingerprint density at radius 1 is 1.53 bits per heavy atom. The lowest BCUT2D eigenvalue weighted by Gasteiger charge is -2.20. The van der Waals surface area contributed by atoms with Crippen LogP contribution in [0, 0.1) is 5.82 Å². The van der Waals surface area contributed by atoms with Gasteiger partial charge in [0.25, 0.3) is 0 Å². The molecule has 0 bridgehead atoms.